The summed E-state index contributed by atoms with van der Waals surface area (Å²) >= 11 is 0. The highest BCUT2D eigenvalue weighted by Crippen LogP contribution is 2.27. The van der Waals surface area contributed by atoms with Crippen LogP contribution in [0.4, 0.5) is 0 Å². The molecule has 0 spiro atoms. The molecule has 0 amide bonds. The monoisotopic (exact) mass is 401 g/mol. The number of carbonyl (C=O) groups is 1. The van der Waals surface area contributed by atoms with Gasteiger partial charge in [0.15, 0.2) is 5.78 Å². The summed E-state index contributed by atoms with van der Waals surface area (Å²) in [6.45, 7) is 5.26. The number of likely N-dealkylation sites (N-methyl/N-ethyl adjacent to an activating group) is 1. The van der Waals surface area contributed by atoms with Gasteiger partial charge in [0, 0.05) is 30.6 Å². The Morgan fingerprint density at radius 2 is 1.86 bits per heavy atom. The van der Waals surface area contributed by atoms with Crippen molar-refractivity contribution in [1.29, 1.82) is 0 Å². The molecular weight excluding hydrogens is 378 g/mol. The van der Waals surface area contributed by atoms with E-state index in [2.05, 4.69) is 17.0 Å². The summed E-state index contributed by atoms with van der Waals surface area (Å²) in [5.41, 5.74) is 2.51. The fraction of sp³-hybridized carbons (Fsp3) is 0.273. The predicted octanol–water partition coefficient (Wildman–Crippen LogP) is 4.24. The van der Waals surface area contributed by atoms with Gasteiger partial charge in [-0.15, -0.1) is 12.4 Å². The minimum absolute atomic E-state index is 0. The minimum atomic E-state index is -0.413. The first-order valence-electron chi connectivity index (χ1n) is 8.89. The van der Waals surface area contributed by atoms with E-state index in [0.717, 1.165) is 17.5 Å². The molecular formula is C22H24ClNO4. The molecule has 1 aromatic heterocycles. The predicted molar refractivity (Wildman–Crippen MR) is 113 cm³/mol. The second-order valence-electron chi connectivity index (χ2n) is 6.72. The van der Waals surface area contributed by atoms with Crippen LogP contribution in [0.2, 0.25) is 0 Å². The van der Waals surface area contributed by atoms with Crippen LogP contribution in [0.3, 0.4) is 0 Å². The van der Waals surface area contributed by atoms with Crippen LogP contribution < -0.4 is 10.4 Å². The maximum absolute atomic E-state index is 12.0. The highest BCUT2D eigenvalue weighted by Gasteiger charge is 2.14. The molecule has 0 aliphatic rings. The largest absolute Gasteiger partial charge is 0.491 e. The summed E-state index contributed by atoms with van der Waals surface area (Å²) in [7, 11) is 2.02. The average molecular weight is 402 g/mol. The molecule has 0 N–H and O–H groups in total. The number of halogens is 1. The van der Waals surface area contributed by atoms with Gasteiger partial charge in [0.25, 0.3) is 0 Å². The van der Waals surface area contributed by atoms with E-state index in [1.807, 2.05) is 32.2 Å². The first kappa shape index (κ1) is 21.7. The zero-order chi connectivity index (χ0) is 19.4. The Bertz CT molecular complexity index is 1010. The van der Waals surface area contributed by atoms with Crippen LogP contribution in [0.5, 0.6) is 5.75 Å². The number of ether oxygens (including phenoxy) is 1. The fourth-order valence-corrected chi connectivity index (χ4v) is 3.03. The number of hydrogen-bond acceptors (Lipinski definition) is 5. The second kappa shape index (κ2) is 9.53. The fourth-order valence-electron chi connectivity index (χ4n) is 3.03. The number of fused-ring (bicyclic) bond motifs is 1. The molecule has 3 rings (SSSR count). The van der Waals surface area contributed by atoms with E-state index in [1.54, 1.807) is 12.1 Å². The Kier molecular flexibility index (Phi) is 7.38. The maximum atomic E-state index is 12.0. The lowest BCUT2D eigenvalue weighted by atomic mass is 10.0. The Labute approximate surface area is 170 Å². The van der Waals surface area contributed by atoms with E-state index < -0.39 is 5.63 Å². The highest BCUT2D eigenvalue weighted by molar-refractivity contribution is 6.01. The Morgan fingerprint density at radius 1 is 1.14 bits per heavy atom. The van der Waals surface area contributed by atoms with Crippen molar-refractivity contribution in [3.05, 3.63) is 75.6 Å². The number of hydrogen-bond donors (Lipinski definition) is 0. The number of aryl methyl sites for hydroxylation is 1. The van der Waals surface area contributed by atoms with Crippen LogP contribution in [0.25, 0.3) is 11.0 Å². The van der Waals surface area contributed by atoms with Crippen LogP contribution in [0.15, 0.2) is 57.7 Å². The van der Waals surface area contributed by atoms with Gasteiger partial charge in [-0.25, -0.2) is 4.79 Å². The summed E-state index contributed by atoms with van der Waals surface area (Å²) in [5, 5.41) is 0.744. The zero-order valence-electron chi connectivity index (χ0n) is 16.2. The molecule has 0 aliphatic heterocycles. The molecule has 3 aromatic rings. The van der Waals surface area contributed by atoms with Gasteiger partial charge in [-0.3, -0.25) is 9.69 Å². The van der Waals surface area contributed by atoms with E-state index in [1.165, 1.54) is 18.6 Å². The molecule has 0 bridgehead atoms. The van der Waals surface area contributed by atoms with Crippen LogP contribution in [-0.2, 0) is 6.54 Å². The van der Waals surface area contributed by atoms with E-state index in [4.69, 9.17) is 9.15 Å². The number of ketones is 1. The van der Waals surface area contributed by atoms with Crippen LogP contribution in [-0.4, -0.2) is 30.9 Å². The normalized spacial score (nSPS) is 10.7. The van der Waals surface area contributed by atoms with Crippen molar-refractivity contribution in [2.45, 2.75) is 20.4 Å². The molecule has 6 heteroatoms. The molecule has 2 aromatic carbocycles. The van der Waals surface area contributed by atoms with Crippen molar-refractivity contribution >= 4 is 29.2 Å². The molecule has 0 unspecified atom stereocenters. The van der Waals surface area contributed by atoms with E-state index in [0.29, 0.717) is 30.0 Å². The molecule has 0 atom stereocenters. The molecule has 0 saturated heterocycles. The number of benzene rings is 2. The SMILES string of the molecule is CC(=O)c1cc2c(C)cc(=O)oc2cc1OCCN(C)Cc1ccccc1.Cl. The van der Waals surface area contributed by atoms with Crippen molar-refractivity contribution in [2.75, 3.05) is 20.2 Å². The van der Waals surface area contributed by atoms with Crippen molar-refractivity contribution in [3.8, 4) is 5.75 Å². The highest BCUT2D eigenvalue weighted by atomic mass is 35.5. The first-order chi connectivity index (χ1) is 12.9. The third kappa shape index (κ3) is 5.21. The van der Waals surface area contributed by atoms with Crippen molar-refractivity contribution in [2.24, 2.45) is 0 Å². The van der Waals surface area contributed by atoms with Gasteiger partial charge in [-0.05, 0) is 38.1 Å². The van der Waals surface area contributed by atoms with Gasteiger partial charge in [0.2, 0.25) is 0 Å². The van der Waals surface area contributed by atoms with Crippen LogP contribution in [0.1, 0.15) is 28.4 Å². The summed E-state index contributed by atoms with van der Waals surface area (Å²) in [4.78, 5) is 25.8. The molecule has 148 valence electrons. The molecule has 0 aliphatic carbocycles. The molecule has 0 fully saturated rings. The number of carbonyl (C=O) groups excluding carboxylic acids is 1. The smallest absolute Gasteiger partial charge is 0.336 e. The quantitative estimate of drug-likeness (QED) is 0.438. The van der Waals surface area contributed by atoms with Crippen molar-refractivity contribution in [1.82, 2.24) is 4.90 Å². The average Bonchev–Trinajstić information content (AvgIpc) is 2.61. The molecule has 5 nitrogen and oxygen atoms in total. The van der Waals surface area contributed by atoms with E-state index in [-0.39, 0.29) is 18.2 Å². The van der Waals surface area contributed by atoms with Crippen molar-refractivity contribution < 1.29 is 13.9 Å². The Hall–Kier alpha value is -2.63. The number of rotatable bonds is 7. The molecule has 1 heterocycles. The first-order valence-corrected chi connectivity index (χ1v) is 8.89. The van der Waals surface area contributed by atoms with Gasteiger partial charge in [-0.2, -0.15) is 0 Å². The number of nitrogens with zero attached hydrogens (tertiary/aromatic N) is 1. The summed E-state index contributed by atoms with van der Waals surface area (Å²) in [5.74, 6) is 0.354. The maximum Gasteiger partial charge on any atom is 0.336 e. The van der Waals surface area contributed by atoms with Gasteiger partial charge in [0.1, 0.15) is 17.9 Å². The lowest BCUT2D eigenvalue weighted by Gasteiger charge is -2.18. The molecule has 28 heavy (non-hydrogen) atoms. The van der Waals surface area contributed by atoms with Crippen LogP contribution >= 0.6 is 12.4 Å². The van der Waals surface area contributed by atoms with E-state index in [9.17, 15) is 9.59 Å². The van der Waals surface area contributed by atoms with Gasteiger partial charge in [-0.1, -0.05) is 30.3 Å². The minimum Gasteiger partial charge on any atom is -0.491 e. The van der Waals surface area contributed by atoms with Gasteiger partial charge in [0.05, 0.1) is 5.56 Å². The zero-order valence-corrected chi connectivity index (χ0v) is 17.0. The topological polar surface area (TPSA) is 59.8 Å². The molecule has 0 radical (unpaired) electrons. The Balaban J connectivity index is 0.00000280. The lowest BCUT2D eigenvalue weighted by molar-refractivity contribution is 0.101. The van der Waals surface area contributed by atoms with Crippen LogP contribution in [0, 0.1) is 6.92 Å². The Morgan fingerprint density at radius 3 is 2.54 bits per heavy atom. The summed E-state index contributed by atoms with van der Waals surface area (Å²) in [6, 6.07) is 15.0. The van der Waals surface area contributed by atoms with Crippen molar-refractivity contribution in [3.63, 3.8) is 0 Å². The standard InChI is InChI=1S/C22H23NO4.ClH/c1-15-11-22(25)27-21-13-20(19(16(2)24)12-18(15)21)26-10-9-23(3)14-17-7-5-4-6-8-17;/h4-8,11-13H,9-10,14H2,1-3H3;1H. The van der Waals surface area contributed by atoms with E-state index >= 15 is 0 Å². The second-order valence-corrected chi connectivity index (χ2v) is 6.72. The van der Waals surface area contributed by atoms with Gasteiger partial charge < -0.3 is 9.15 Å². The number of Topliss-reactive ketones (excluding diaryl/α,β-unsaturated/α-hetero) is 1. The molecule has 0 saturated carbocycles. The van der Waals surface area contributed by atoms with Gasteiger partial charge >= 0.3 is 5.63 Å². The lowest BCUT2D eigenvalue weighted by Crippen LogP contribution is -2.24. The summed E-state index contributed by atoms with van der Waals surface area (Å²) < 4.78 is 11.1. The third-order valence-electron chi connectivity index (χ3n) is 4.46. The summed E-state index contributed by atoms with van der Waals surface area (Å²) in [6.07, 6.45) is 0. The third-order valence-corrected chi connectivity index (χ3v) is 4.46.